The topological polar surface area (TPSA) is 6.48 Å². The molecule has 0 N–H and O–H groups in total. The smallest absolute Gasteiger partial charge is 0.0748 e. The van der Waals surface area contributed by atoms with Gasteiger partial charge in [-0.3, -0.25) is 0 Å². The fourth-order valence-corrected chi connectivity index (χ4v) is 14.2. The molecule has 2 heterocycles. The van der Waals surface area contributed by atoms with Gasteiger partial charge in [0.1, 0.15) is 0 Å². The van der Waals surface area contributed by atoms with Gasteiger partial charge in [-0.25, -0.2) is 0 Å². The maximum absolute atomic E-state index is 2.60. The number of hydrogen-bond acceptors (Lipinski definition) is 2. The first-order chi connectivity index (χ1) is 37.7. The fourth-order valence-electron chi connectivity index (χ4n) is 14.2. The number of anilines is 4. The number of benzene rings is 11. The molecule has 1 aliphatic carbocycles. The molecule has 2 heteroatoms. The Balaban J connectivity index is 1.14. The van der Waals surface area contributed by atoms with E-state index in [4.69, 9.17) is 0 Å². The first kappa shape index (κ1) is 45.6. The van der Waals surface area contributed by atoms with Gasteiger partial charge in [-0.1, -0.05) is 237 Å². The van der Waals surface area contributed by atoms with Gasteiger partial charge in [0.05, 0.1) is 10.8 Å². The summed E-state index contributed by atoms with van der Waals surface area (Å²) in [7, 11) is 0. The molecule has 2 nitrogen and oxygen atoms in total. The van der Waals surface area contributed by atoms with Gasteiger partial charge in [0.2, 0.25) is 0 Å². The Morgan fingerprint density at radius 3 is 1.28 bits per heavy atom. The zero-order valence-corrected chi connectivity index (χ0v) is 43.1. The molecule has 0 amide bonds. The van der Waals surface area contributed by atoms with Crippen molar-refractivity contribution in [1.29, 1.82) is 0 Å². The number of fused-ring (bicyclic) bond motifs is 6. The van der Waals surface area contributed by atoms with Crippen LogP contribution in [0.5, 0.6) is 0 Å². The molecule has 0 saturated heterocycles. The van der Waals surface area contributed by atoms with E-state index in [-0.39, 0.29) is 0 Å². The lowest BCUT2D eigenvalue weighted by Gasteiger charge is -2.47. The zero-order chi connectivity index (χ0) is 50.8. The lowest BCUT2D eigenvalue weighted by Crippen LogP contribution is -2.40. The molecule has 14 rings (SSSR count). The molecule has 364 valence electrons. The van der Waals surface area contributed by atoms with Crippen LogP contribution in [0.4, 0.5) is 22.7 Å². The average molecular weight is 975 g/mol. The maximum Gasteiger partial charge on any atom is 0.0748 e. The van der Waals surface area contributed by atoms with Gasteiger partial charge < -0.3 is 9.80 Å². The lowest BCUT2D eigenvalue weighted by molar-refractivity contribution is 0.716. The predicted molar refractivity (Wildman–Crippen MR) is 319 cm³/mol. The minimum atomic E-state index is -0.636. The highest BCUT2D eigenvalue weighted by Gasteiger charge is 2.49. The Morgan fingerprint density at radius 1 is 0.368 bits per heavy atom. The summed E-state index contributed by atoms with van der Waals surface area (Å²) in [5.41, 5.74) is 21.7. The molecule has 0 aromatic heterocycles. The van der Waals surface area contributed by atoms with Crippen LogP contribution in [0.1, 0.15) is 76.8 Å². The van der Waals surface area contributed by atoms with Gasteiger partial charge in [-0.2, -0.15) is 0 Å². The fraction of sp³-hybridized carbons (Fsp3) is 0.108. The molecule has 11 aromatic rings. The van der Waals surface area contributed by atoms with E-state index in [1.54, 1.807) is 0 Å². The Bertz CT molecular complexity index is 4050. The Labute approximate surface area is 446 Å². The van der Waals surface area contributed by atoms with Crippen LogP contribution >= 0.6 is 0 Å². The molecule has 0 bridgehead atoms. The van der Waals surface area contributed by atoms with Gasteiger partial charge in [-0.05, 0) is 145 Å². The monoisotopic (exact) mass is 974 g/mol. The second kappa shape index (κ2) is 18.4. The minimum absolute atomic E-state index is 0.613. The Hall–Kier alpha value is -8.98. The van der Waals surface area contributed by atoms with Crippen LogP contribution in [0.3, 0.4) is 0 Å². The Kier molecular flexibility index (Phi) is 11.1. The van der Waals surface area contributed by atoms with Crippen molar-refractivity contribution in [3.63, 3.8) is 0 Å². The highest BCUT2D eigenvalue weighted by atomic mass is 15.2. The molecule has 76 heavy (non-hydrogen) atoms. The summed E-state index contributed by atoms with van der Waals surface area (Å²) in [6.07, 6.45) is 4.38. The highest BCUT2D eigenvalue weighted by molar-refractivity contribution is 6.07. The molecule has 0 spiro atoms. The molecule has 0 saturated carbocycles. The van der Waals surface area contributed by atoms with Crippen molar-refractivity contribution in [2.45, 2.75) is 37.5 Å². The van der Waals surface area contributed by atoms with Crippen LogP contribution in [0.25, 0.3) is 44.7 Å². The third-order valence-electron chi connectivity index (χ3n) is 17.0. The summed E-state index contributed by atoms with van der Waals surface area (Å²) in [6.45, 7) is 6.26. The van der Waals surface area contributed by atoms with E-state index in [0.29, 0.717) is 0 Å². The van der Waals surface area contributed by atoms with Crippen LogP contribution in [-0.4, -0.2) is 13.1 Å². The van der Waals surface area contributed by atoms with Crippen LogP contribution < -0.4 is 20.2 Å². The molecular weight excluding hydrogens is 917 g/mol. The predicted octanol–water partition coefficient (Wildman–Crippen LogP) is 16.7. The molecule has 2 aliphatic heterocycles. The van der Waals surface area contributed by atoms with Crippen LogP contribution in [0, 0.1) is 0 Å². The molecule has 3 aliphatic rings. The normalized spacial score (nSPS) is 14.7. The van der Waals surface area contributed by atoms with Crippen molar-refractivity contribution in [3.8, 4) is 22.3 Å². The first-order valence-electron chi connectivity index (χ1n) is 27.3. The highest BCUT2D eigenvalue weighted by Crippen LogP contribution is 2.60. The van der Waals surface area contributed by atoms with Crippen molar-refractivity contribution in [2.24, 2.45) is 0 Å². The third kappa shape index (κ3) is 6.59. The van der Waals surface area contributed by atoms with E-state index in [1.165, 1.54) is 122 Å². The second-order valence-electron chi connectivity index (χ2n) is 20.6. The molecular formula is C74H58N2. The number of para-hydroxylation sites is 2. The van der Waals surface area contributed by atoms with E-state index < -0.39 is 10.8 Å². The second-order valence-corrected chi connectivity index (χ2v) is 20.6. The summed E-state index contributed by atoms with van der Waals surface area (Å²) in [4.78, 5) is 5.11. The van der Waals surface area contributed by atoms with E-state index in [9.17, 15) is 0 Å². The van der Waals surface area contributed by atoms with E-state index in [2.05, 4.69) is 291 Å². The van der Waals surface area contributed by atoms with E-state index in [1.807, 2.05) is 0 Å². The minimum Gasteiger partial charge on any atom is -0.341 e. The van der Waals surface area contributed by atoms with Gasteiger partial charge in [0.15, 0.2) is 0 Å². The van der Waals surface area contributed by atoms with Gasteiger partial charge >= 0.3 is 0 Å². The lowest BCUT2D eigenvalue weighted by atomic mass is 9.60. The van der Waals surface area contributed by atoms with Crippen LogP contribution in [0.2, 0.25) is 0 Å². The average Bonchev–Trinajstić information content (AvgIpc) is 3.69. The van der Waals surface area contributed by atoms with Gasteiger partial charge in [0, 0.05) is 47.0 Å². The summed E-state index contributed by atoms with van der Waals surface area (Å²) in [5, 5.41) is 5.13. The largest absolute Gasteiger partial charge is 0.341 e. The number of hydrogen-bond donors (Lipinski definition) is 0. The number of nitrogens with zero attached hydrogens (tertiary/aromatic N) is 2. The van der Waals surface area contributed by atoms with Crippen LogP contribution in [0.15, 0.2) is 261 Å². The molecule has 0 fully saturated rings. The standard InChI is InChI=1S/C74H58N2/c1-3-75-66-46-22-20-44-64(66)73(52-30-12-6-13-31-52,53-32-14-7-15-33-53)71-60(42-26-48-68(71)75)56-38-24-40-58-62(56)50-63-57(39-25-41-59(63)70(58)51-28-10-5-11-29-51)61-43-27-49-69-72(61)74(54-34-16-8-17-35-54,55-36-18-9-19-37-55)65-45-21-23-47-67(65)76(69)4-2/h5-24,26-38,40-50H,3-4,25,39H2,1-2H3. The van der Waals surface area contributed by atoms with Gasteiger partial charge in [0.25, 0.3) is 0 Å². The van der Waals surface area contributed by atoms with E-state index >= 15 is 0 Å². The van der Waals surface area contributed by atoms with Crippen molar-refractivity contribution in [1.82, 2.24) is 0 Å². The van der Waals surface area contributed by atoms with Gasteiger partial charge in [-0.15, -0.1) is 0 Å². The van der Waals surface area contributed by atoms with Crippen molar-refractivity contribution in [2.75, 3.05) is 22.9 Å². The van der Waals surface area contributed by atoms with Crippen molar-refractivity contribution in [3.05, 3.63) is 321 Å². The van der Waals surface area contributed by atoms with Crippen molar-refractivity contribution >= 4 is 45.2 Å². The summed E-state index contributed by atoms with van der Waals surface area (Å²) in [6, 6.07) is 98.6. The quantitative estimate of drug-likeness (QED) is 0.142. The first-order valence-corrected chi connectivity index (χ1v) is 27.3. The summed E-state index contributed by atoms with van der Waals surface area (Å²) in [5.74, 6) is 0. The maximum atomic E-state index is 2.60. The summed E-state index contributed by atoms with van der Waals surface area (Å²) >= 11 is 0. The summed E-state index contributed by atoms with van der Waals surface area (Å²) < 4.78 is 0. The molecule has 0 radical (unpaired) electrons. The molecule has 0 atom stereocenters. The Morgan fingerprint density at radius 2 is 0.776 bits per heavy atom. The number of rotatable bonds is 9. The molecule has 11 aromatic carbocycles. The molecule has 0 unspecified atom stereocenters. The zero-order valence-electron chi connectivity index (χ0n) is 43.1. The van der Waals surface area contributed by atoms with Crippen molar-refractivity contribution < 1.29 is 0 Å². The third-order valence-corrected chi connectivity index (χ3v) is 17.0. The van der Waals surface area contributed by atoms with E-state index in [0.717, 1.165) is 25.9 Å². The van der Waals surface area contributed by atoms with Crippen LogP contribution in [-0.2, 0) is 10.8 Å². The SMILES string of the molecule is CCN1c2ccccc2C(c2ccccc2)(c2ccccc2)c2c(C3=c4cc5c(-c6cccc7c6C(c6ccccc6)(c6ccccc6)c6ccccc6N7CC)cccc5c(-c5ccccc5)c4=CCC3)cccc21.